The molecular formula is C27H30N2O3. The van der Waals surface area contributed by atoms with Gasteiger partial charge in [0.05, 0.1) is 7.11 Å². The Morgan fingerprint density at radius 3 is 2.38 bits per heavy atom. The van der Waals surface area contributed by atoms with Gasteiger partial charge in [-0.3, -0.25) is 4.79 Å². The summed E-state index contributed by atoms with van der Waals surface area (Å²) >= 11 is 0. The molecule has 0 atom stereocenters. The van der Waals surface area contributed by atoms with Crippen LogP contribution in [0.2, 0.25) is 0 Å². The fraction of sp³-hybridized carbons (Fsp3) is 0.296. The minimum absolute atomic E-state index is 0.0502. The van der Waals surface area contributed by atoms with Gasteiger partial charge in [-0.15, -0.1) is 0 Å². The van der Waals surface area contributed by atoms with Gasteiger partial charge in [0, 0.05) is 43.0 Å². The van der Waals surface area contributed by atoms with E-state index in [1.54, 1.807) is 7.11 Å². The predicted octanol–water partition coefficient (Wildman–Crippen LogP) is 4.85. The number of benzene rings is 3. The minimum Gasteiger partial charge on any atom is -0.496 e. The first-order valence-electron chi connectivity index (χ1n) is 11.0. The van der Waals surface area contributed by atoms with Gasteiger partial charge < -0.3 is 19.3 Å². The SMILES string of the molecule is COc1ccc(C(=O)N2CCN(c3cccc(C)c3C)CC2)cc1COc1ccccc1. The molecule has 0 radical (unpaired) electrons. The fourth-order valence-corrected chi connectivity index (χ4v) is 4.11. The van der Waals surface area contributed by atoms with Gasteiger partial charge >= 0.3 is 0 Å². The van der Waals surface area contributed by atoms with E-state index >= 15 is 0 Å². The molecule has 166 valence electrons. The molecule has 5 heteroatoms. The molecule has 4 rings (SSSR count). The van der Waals surface area contributed by atoms with Crippen LogP contribution >= 0.6 is 0 Å². The van der Waals surface area contributed by atoms with Crippen molar-refractivity contribution in [1.82, 2.24) is 4.90 Å². The van der Waals surface area contributed by atoms with Gasteiger partial charge in [0.2, 0.25) is 0 Å². The van der Waals surface area contributed by atoms with Gasteiger partial charge in [0.15, 0.2) is 0 Å². The lowest BCUT2D eigenvalue weighted by molar-refractivity contribution is 0.0746. The van der Waals surface area contributed by atoms with Crippen LogP contribution in [0.1, 0.15) is 27.0 Å². The molecule has 0 spiro atoms. The van der Waals surface area contributed by atoms with Crippen molar-refractivity contribution in [1.29, 1.82) is 0 Å². The maximum Gasteiger partial charge on any atom is 0.253 e. The number of rotatable bonds is 6. The number of carbonyl (C=O) groups excluding carboxylic acids is 1. The molecule has 0 aliphatic carbocycles. The van der Waals surface area contributed by atoms with E-state index in [9.17, 15) is 4.79 Å². The zero-order valence-corrected chi connectivity index (χ0v) is 19.0. The van der Waals surface area contributed by atoms with Crippen LogP contribution < -0.4 is 14.4 Å². The van der Waals surface area contributed by atoms with Gasteiger partial charge in [0.25, 0.3) is 5.91 Å². The van der Waals surface area contributed by atoms with Gasteiger partial charge in [-0.2, -0.15) is 0 Å². The molecule has 3 aromatic carbocycles. The van der Waals surface area contributed by atoms with E-state index < -0.39 is 0 Å². The smallest absolute Gasteiger partial charge is 0.253 e. The maximum atomic E-state index is 13.2. The third-order valence-electron chi connectivity index (χ3n) is 6.15. The third-order valence-corrected chi connectivity index (χ3v) is 6.15. The number of methoxy groups -OCH3 is 1. The lowest BCUT2D eigenvalue weighted by Gasteiger charge is -2.37. The summed E-state index contributed by atoms with van der Waals surface area (Å²) in [5.74, 6) is 1.56. The third kappa shape index (κ3) is 4.72. The lowest BCUT2D eigenvalue weighted by Crippen LogP contribution is -2.49. The van der Waals surface area contributed by atoms with Crippen molar-refractivity contribution in [3.8, 4) is 11.5 Å². The Labute approximate surface area is 190 Å². The zero-order chi connectivity index (χ0) is 22.5. The summed E-state index contributed by atoms with van der Waals surface area (Å²) in [5.41, 5.74) is 5.39. The molecule has 32 heavy (non-hydrogen) atoms. The highest BCUT2D eigenvalue weighted by molar-refractivity contribution is 5.94. The number of aryl methyl sites for hydroxylation is 1. The van der Waals surface area contributed by atoms with Gasteiger partial charge in [-0.1, -0.05) is 30.3 Å². The van der Waals surface area contributed by atoms with E-state index in [2.05, 4.69) is 36.9 Å². The highest BCUT2D eigenvalue weighted by atomic mass is 16.5. The van der Waals surface area contributed by atoms with E-state index in [4.69, 9.17) is 9.47 Å². The van der Waals surface area contributed by atoms with Crippen molar-refractivity contribution in [2.24, 2.45) is 0 Å². The predicted molar refractivity (Wildman–Crippen MR) is 128 cm³/mol. The number of hydrogen-bond acceptors (Lipinski definition) is 4. The highest BCUT2D eigenvalue weighted by Gasteiger charge is 2.24. The average Bonchev–Trinajstić information content (AvgIpc) is 2.84. The number of para-hydroxylation sites is 1. The molecule has 1 heterocycles. The quantitative estimate of drug-likeness (QED) is 0.560. The number of anilines is 1. The second kappa shape index (κ2) is 9.77. The molecule has 1 saturated heterocycles. The van der Waals surface area contributed by atoms with Crippen molar-refractivity contribution in [2.75, 3.05) is 38.2 Å². The van der Waals surface area contributed by atoms with Gasteiger partial charge in [-0.05, 0) is 61.4 Å². The van der Waals surface area contributed by atoms with Crippen LogP contribution in [0.4, 0.5) is 5.69 Å². The number of hydrogen-bond donors (Lipinski definition) is 0. The summed E-state index contributed by atoms with van der Waals surface area (Å²) in [5, 5.41) is 0. The van der Waals surface area contributed by atoms with Crippen molar-refractivity contribution >= 4 is 11.6 Å². The Kier molecular flexibility index (Phi) is 6.64. The Hall–Kier alpha value is -3.47. The monoisotopic (exact) mass is 430 g/mol. The first kappa shape index (κ1) is 21.8. The number of carbonyl (C=O) groups is 1. The Morgan fingerprint density at radius 1 is 0.906 bits per heavy atom. The summed E-state index contributed by atoms with van der Waals surface area (Å²) in [6.45, 7) is 7.71. The van der Waals surface area contributed by atoms with Crippen molar-refractivity contribution in [3.63, 3.8) is 0 Å². The van der Waals surface area contributed by atoms with Gasteiger partial charge in [0.1, 0.15) is 18.1 Å². The Bertz CT molecular complexity index is 1070. The molecule has 0 aromatic heterocycles. The fourth-order valence-electron chi connectivity index (χ4n) is 4.11. The molecule has 0 saturated carbocycles. The van der Waals surface area contributed by atoms with Gasteiger partial charge in [-0.25, -0.2) is 0 Å². The standard InChI is InChI=1S/C27H30N2O3/c1-20-8-7-11-25(21(20)2)28-14-16-29(17-15-28)27(30)22-12-13-26(31-3)23(18-22)19-32-24-9-5-4-6-10-24/h4-13,18H,14-17,19H2,1-3H3. The van der Waals surface area contributed by atoms with Crippen molar-refractivity contribution in [3.05, 3.63) is 89.0 Å². The molecule has 0 unspecified atom stereocenters. The topological polar surface area (TPSA) is 42.0 Å². The molecule has 0 bridgehead atoms. The van der Waals surface area contributed by atoms with Crippen LogP contribution in [0.25, 0.3) is 0 Å². The maximum absolute atomic E-state index is 13.2. The van der Waals surface area contributed by atoms with Crippen LogP contribution in [-0.4, -0.2) is 44.1 Å². The highest BCUT2D eigenvalue weighted by Crippen LogP contribution is 2.26. The number of ether oxygens (including phenoxy) is 2. The van der Waals surface area contributed by atoms with Crippen LogP contribution in [0.3, 0.4) is 0 Å². The van der Waals surface area contributed by atoms with Crippen LogP contribution in [0, 0.1) is 13.8 Å². The molecule has 0 N–H and O–H groups in total. The molecule has 1 fully saturated rings. The Balaban J connectivity index is 1.43. The van der Waals surface area contributed by atoms with Crippen LogP contribution in [-0.2, 0) is 6.61 Å². The van der Waals surface area contributed by atoms with E-state index in [0.717, 1.165) is 30.2 Å². The van der Waals surface area contributed by atoms with Crippen molar-refractivity contribution in [2.45, 2.75) is 20.5 Å². The molecule has 1 aliphatic heterocycles. The minimum atomic E-state index is 0.0502. The second-order valence-electron chi connectivity index (χ2n) is 8.13. The molecule has 1 aliphatic rings. The average molecular weight is 431 g/mol. The van der Waals surface area contributed by atoms with Crippen LogP contribution in [0.5, 0.6) is 11.5 Å². The van der Waals surface area contributed by atoms with Crippen LogP contribution in [0.15, 0.2) is 66.7 Å². The largest absolute Gasteiger partial charge is 0.496 e. The number of piperazine rings is 1. The molecule has 3 aromatic rings. The van der Waals surface area contributed by atoms with E-state index in [1.165, 1.54) is 16.8 Å². The summed E-state index contributed by atoms with van der Waals surface area (Å²) < 4.78 is 11.4. The number of amides is 1. The van der Waals surface area contributed by atoms with E-state index in [-0.39, 0.29) is 5.91 Å². The molecule has 5 nitrogen and oxygen atoms in total. The summed E-state index contributed by atoms with van der Waals surface area (Å²) in [6.07, 6.45) is 0. The summed E-state index contributed by atoms with van der Waals surface area (Å²) in [6, 6.07) is 21.6. The zero-order valence-electron chi connectivity index (χ0n) is 19.0. The van der Waals surface area contributed by atoms with E-state index in [0.29, 0.717) is 25.3 Å². The van der Waals surface area contributed by atoms with E-state index in [1.807, 2.05) is 53.4 Å². The molecule has 1 amide bonds. The number of nitrogens with zero attached hydrogens (tertiary/aromatic N) is 2. The first-order chi connectivity index (χ1) is 15.6. The summed E-state index contributed by atoms with van der Waals surface area (Å²) in [7, 11) is 1.63. The molecular weight excluding hydrogens is 400 g/mol. The lowest BCUT2D eigenvalue weighted by atomic mass is 10.1. The normalized spacial score (nSPS) is 13.7. The van der Waals surface area contributed by atoms with Crippen molar-refractivity contribution < 1.29 is 14.3 Å². The Morgan fingerprint density at radius 2 is 1.66 bits per heavy atom. The first-order valence-corrected chi connectivity index (χ1v) is 11.0. The summed E-state index contributed by atoms with van der Waals surface area (Å²) in [4.78, 5) is 17.5. The second-order valence-corrected chi connectivity index (χ2v) is 8.13.